The molecule has 0 bridgehead atoms. The molecule has 1 amide bonds. The Morgan fingerprint density at radius 3 is 2.39 bits per heavy atom. The summed E-state index contributed by atoms with van der Waals surface area (Å²) in [6.07, 6.45) is 1.75. The normalized spacial score (nSPS) is 17.7. The lowest BCUT2D eigenvalue weighted by atomic mass is 10.1. The summed E-state index contributed by atoms with van der Waals surface area (Å²) in [7, 11) is 0. The van der Waals surface area contributed by atoms with E-state index in [1.165, 1.54) is 6.07 Å². The lowest BCUT2D eigenvalue weighted by Crippen LogP contribution is -2.49. The van der Waals surface area contributed by atoms with Gasteiger partial charge in [0.1, 0.15) is 0 Å². The van der Waals surface area contributed by atoms with E-state index < -0.39 is 11.6 Å². The molecular formula is C19H21F2N5O2. The third-order valence-electron chi connectivity index (χ3n) is 5.06. The summed E-state index contributed by atoms with van der Waals surface area (Å²) in [5, 5.41) is 8.35. The van der Waals surface area contributed by atoms with Gasteiger partial charge in [0, 0.05) is 50.9 Å². The average molecular weight is 389 g/mol. The Balaban J connectivity index is 1.40. The van der Waals surface area contributed by atoms with E-state index in [4.69, 9.17) is 4.74 Å². The molecule has 1 aromatic heterocycles. The highest BCUT2D eigenvalue weighted by molar-refractivity contribution is 5.94. The highest BCUT2D eigenvalue weighted by atomic mass is 19.2. The Morgan fingerprint density at radius 1 is 0.929 bits per heavy atom. The van der Waals surface area contributed by atoms with Gasteiger partial charge in [-0.05, 0) is 18.2 Å². The summed E-state index contributed by atoms with van der Waals surface area (Å²) in [5.74, 6) is -1.50. The van der Waals surface area contributed by atoms with Gasteiger partial charge in [-0.15, -0.1) is 5.10 Å². The zero-order valence-corrected chi connectivity index (χ0v) is 15.4. The fraction of sp³-hybridized carbons (Fsp3) is 0.421. The van der Waals surface area contributed by atoms with Crippen LogP contribution >= 0.6 is 0 Å². The lowest BCUT2D eigenvalue weighted by Gasteiger charge is -2.36. The molecule has 0 aliphatic carbocycles. The molecule has 2 fully saturated rings. The van der Waals surface area contributed by atoms with Gasteiger partial charge >= 0.3 is 0 Å². The first-order chi connectivity index (χ1) is 13.6. The van der Waals surface area contributed by atoms with Crippen LogP contribution in [0.1, 0.15) is 10.4 Å². The summed E-state index contributed by atoms with van der Waals surface area (Å²) in [6, 6.07) is 5.24. The number of morpholine rings is 1. The molecule has 2 aromatic rings. The van der Waals surface area contributed by atoms with Gasteiger partial charge < -0.3 is 19.4 Å². The fourth-order valence-corrected chi connectivity index (χ4v) is 3.44. The van der Waals surface area contributed by atoms with Crippen molar-refractivity contribution in [3.63, 3.8) is 0 Å². The van der Waals surface area contributed by atoms with Crippen molar-refractivity contribution in [3.8, 4) is 0 Å². The number of nitrogens with zero attached hydrogens (tertiary/aromatic N) is 5. The first-order valence-corrected chi connectivity index (χ1v) is 9.26. The first kappa shape index (κ1) is 18.5. The van der Waals surface area contributed by atoms with E-state index in [0.717, 1.165) is 36.7 Å². The van der Waals surface area contributed by atoms with Crippen LogP contribution in [-0.4, -0.2) is 73.5 Å². The molecule has 3 heterocycles. The predicted octanol–water partition coefficient (Wildman–Crippen LogP) is 1.55. The first-order valence-electron chi connectivity index (χ1n) is 9.26. The van der Waals surface area contributed by atoms with E-state index in [1.807, 2.05) is 6.07 Å². The summed E-state index contributed by atoms with van der Waals surface area (Å²) in [4.78, 5) is 18.5. The van der Waals surface area contributed by atoms with Gasteiger partial charge in [0.15, 0.2) is 17.5 Å². The summed E-state index contributed by atoms with van der Waals surface area (Å²) in [6.45, 7) is 5.17. The zero-order valence-electron chi connectivity index (χ0n) is 15.4. The highest BCUT2D eigenvalue weighted by Gasteiger charge is 2.24. The van der Waals surface area contributed by atoms with Crippen LogP contribution in [0.2, 0.25) is 0 Å². The van der Waals surface area contributed by atoms with E-state index in [1.54, 1.807) is 11.1 Å². The molecule has 148 valence electrons. The van der Waals surface area contributed by atoms with Crippen molar-refractivity contribution >= 4 is 17.4 Å². The van der Waals surface area contributed by atoms with Crippen molar-refractivity contribution in [1.29, 1.82) is 0 Å². The van der Waals surface area contributed by atoms with Crippen molar-refractivity contribution in [2.45, 2.75) is 0 Å². The number of hydrogen-bond donors (Lipinski definition) is 0. The van der Waals surface area contributed by atoms with Gasteiger partial charge in [-0.2, -0.15) is 5.10 Å². The number of hydrogen-bond acceptors (Lipinski definition) is 6. The molecule has 0 N–H and O–H groups in total. The number of amides is 1. The molecule has 7 nitrogen and oxygen atoms in total. The Bertz CT molecular complexity index is 852. The molecule has 0 radical (unpaired) electrons. The Labute approximate surface area is 161 Å². The molecule has 2 aliphatic heterocycles. The lowest BCUT2D eigenvalue weighted by molar-refractivity contribution is 0.0746. The van der Waals surface area contributed by atoms with Gasteiger partial charge in [0.2, 0.25) is 0 Å². The summed E-state index contributed by atoms with van der Waals surface area (Å²) < 4.78 is 31.9. The SMILES string of the molecule is O=C(c1ccc(F)c(F)c1)N1CCN(c2cc(N3CCOCC3)cnn2)CC1. The van der Waals surface area contributed by atoms with Crippen molar-refractivity contribution < 1.29 is 18.3 Å². The number of rotatable bonds is 3. The molecule has 0 spiro atoms. The zero-order chi connectivity index (χ0) is 19.5. The number of carbonyl (C=O) groups is 1. The predicted molar refractivity (Wildman–Crippen MR) is 99.5 cm³/mol. The fourth-order valence-electron chi connectivity index (χ4n) is 3.44. The molecule has 2 aliphatic rings. The second-order valence-corrected chi connectivity index (χ2v) is 6.78. The summed E-state index contributed by atoms with van der Waals surface area (Å²) >= 11 is 0. The molecule has 4 rings (SSSR count). The summed E-state index contributed by atoms with van der Waals surface area (Å²) in [5.41, 5.74) is 1.16. The third-order valence-corrected chi connectivity index (χ3v) is 5.06. The average Bonchev–Trinajstić information content (AvgIpc) is 2.76. The van der Waals surface area contributed by atoms with Crippen LogP contribution in [0.15, 0.2) is 30.5 Å². The number of benzene rings is 1. The molecule has 0 saturated carbocycles. The molecule has 0 unspecified atom stereocenters. The number of ether oxygens (including phenoxy) is 1. The second-order valence-electron chi connectivity index (χ2n) is 6.78. The van der Waals surface area contributed by atoms with Crippen molar-refractivity contribution in [2.75, 3.05) is 62.3 Å². The minimum atomic E-state index is -1.01. The van der Waals surface area contributed by atoms with E-state index >= 15 is 0 Å². The van der Waals surface area contributed by atoms with E-state index in [9.17, 15) is 13.6 Å². The van der Waals surface area contributed by atoms with Crippen LogP contribution in [0, 0.1) is 11.6 Å². The van der Waals surface area contributed by atoms with Gasteiger partial charge in [-0.1, -0.05) is 0 Å². The van der Waals surface area contributed by atoms with Gasteiger partial charge in [0.05, 0.1) is 25.1 Å². The van der Waals surface area contributed by atoms with Gasteiger partial charge in [-0.3, -0.25) is 4.79 Å². The highest BCUT2D eigenvalue weighted by Crippen LogP contribution is 2.21. The van der Waals surface area contributed by atoms with Crippen LogP contribution < -0.4 is 9.80 Å². The molecule has 0 atom stereocenters. The van der Waals surface area contributed by atoms with Crippen molar-refractivity contribution in [1.82, 2.24) is 15.1 Å². The van der Waals surface area contributed by atoms with Crippen LogP contribution in [-0.2, 0) is 4.74 Å². The largest absolute Gasteiger partial charge is 0.378 e. The molecule has 2 saturated heterocycles. The number of halogens is 2. The van der Waals surface area contributed by atoms with Crippen LogP contribution in [0.25, 0.3) is 0 Å². The maximum absolute atomic E-state index is 13.4. The maximum Gasteiger partial charge on any atom is 0.254 e. The number of carbonyl (C=O) groups excluding carboxylic acids is 1. The van der Waals surface area contributed by atoms with E-state index in [-0.39, 0.29) is 11.5 Å². The molecular weight excluding hydrogens is 368 g/mol. The van der Waals surface area contributed by atoms with Gasteiger partial charge in [0.25, 0.3) is 5.91 Å². The monoisotopic (exact) mass is 389 g/mol. The van der Waals surface area contributed by atoms with Crippen molar-refractivity contribution in [3.05, 3.63) is 47.7 Å². The standard InChI is InChI=1S/C19H21F2N5O2/c20-16-2-1-14(11-17(16)21)19(27)26-5-3-25(4-6-26)18-12-15(13-22-23-18)24-7-9-28-10-8-24/h1-2,11-13H,3-10H2. The van der Waals surface area contributed by atoms with Gasteiger partial charge in [-0.25, -0.2) is 8.78 Å². The Morgan fingerprint density at radius 2 is 1.68 bits per heavy atom. The van der Waals surface area contributed by atoms with E-state index in [0.29, 0.717) is 39.4 Å². The second kappa shape index (κ2) is 8.05. The Hall–Kier alpha value is -2.81. The number of piperazine rings is 1. The molecule has 1 aromatic carbocycles. The molecule has 9 heteroatoms. The minimum absolute atomic E-state index is 0.154. The quantitative estimate of drug-likeness (QED) is 0.794. The third kappa shape index (κ3) is 3.89. The van der Waals surface area contributed by atoms with Crippen LogP contribution in [0.4, 0.5) is 20.3 Å². The van der Waals surface area contributed by atoms with Crippen LogP contribution in [0.3, 0.4) is 0 Å². The van der Waals surface area contributed by atoms with Crippen LogP contribution in [0.5, 0.6) is 0 Å². The maximum atomic E-state index is 13.4. The molecule has 28 heavy (non-hydrogen) atoms. The topological polar surface area (TPSA) is 61.8 Å². The Kier molecular flexibility index (Phi) is 5.34. The number of anilines is 2. The minimum Gasteiger partial charge on any atom is -0.378 e. The van der Waals surface area contributed by atoms with Crippen molar-refractivity contribution in [2.24, 2.45) is 0 Å². The number of aromatic nitrogens is 2. The van der Waals surface area contributed by atoms with E-state index in [2.05, 4.69) is 20.0 Å². The smallest absolute Gasteiger partial charge is 0.254 e.